The van der Waals surface area contributed by atoms with E-state index in [0.29, 0.717) is 37.6 Å². The van der Waals surface area contributed by atoms with Gasteiger partial charge in [0.15, 0.2) is 5.82 Å². The summed E-state index contributed by atoms with van der Waals surface area (Å²) in [6.45, 7) is 5.14. The molecular formula is C22H27N5O3. The molecule has 2 aromatic carbocycles. The zero-order valence-corrected chi connectivity index (χ0v) is 17.5. The molecule has 0 saturated heterocycles. The van der Waals surface area contributed by atoms with Crippen LogP contribution in [0.1, 0.15) is 28.4 Å². The molecule has 8 heteroatoms. The molecule has 3 N–H and O–H groups in total. The number of hydrogen-bond acceptors (Lipinski definition) is 6. The number of anilines is 1. The van der Waals surface area contributed by atoms with E-state index in [1.807, 2.05) is 39.2 Å². The molecule has 158 valence electrons. The number of aromatic hydroxyl groups is 1. The first-order valence-electron chi connectivity index (χ1n) is 10.1. The molecule has 30 heavy (non-hydrogen) atoms. The SMILES string of the molecule is CCNc1n[nH]c2cc(O)c(C(=O)N3Cc4ccc(OCCN(C)C)cc4C3)cc12. The van der Waals surface area contributed by atoms with Gasteiger partial charge >= 0.3 is 0 Å². The van der Waals surface area contributed by atoms with Crippen molar-refractivity contribution in [1.29, 1.82) is 0 Å². The van der Waals surface area contributed by atoms with Gasteiger partial charge in [0, 0.05) is 37.6 Å². The fourth-order valence-corrected chi connectivity index (χ4v) is 3.65. The summed E-state index contributed by atoms with van der Waals surface area (Å²) in [5, 5.41) is 21.5. The van der Waals surface area contributed by atoms with Gasteiger partial charge in [-0.15, -0.1) is 0 Å². The number of carbonyl (C=O) groups excluding carboxylic acids is 1. The minimum Gasteiger partial charge on any atom is -0.507 e. The van der Waals surface area contributed by atoms with Crippen LogP contribution in [0.5, 0.6) is 11.5 Å². The maximum absolute atomic E-state index is 13.2. The predicted molar refractivity (Wildman–Crippen MR) is 116 cm³/mol. The van der Waals surface area contributed by atoms with E-state index in [2.05, 4.69) is 20.4 Å². The van der Waals surface area contributed by atoms with E-state index in [1.165, 1.54) is 0 Å². The van der Waals surface area contributed by atoms with Gasteiger partial charge in [-0.2, -0.15) is 5.10 Å². The minimum absolute atomic E-state index is 0.0529. The third kappa shape index (κ3) is 3.91. The number of nitrogens with zero attached hydrogens (tertiary/aromatic N) is 3. The van der Waals surface area contributed by atoms with Crippen LogP contribution in [-0.2, 0) is 13.1 Å². The molecule has 4 rings (SSSR count). The van der Waals surface area contributed by atoms with E-state index in [4.69, 9.17) is 4.74 Å². The van der Waals surface area contributed by atoms with E-state index in [9.17, 15) is 9.90 Å². The summed E-state index contributed by atoms with van der Waals surface area (Å²) in [5.41, 5.74) is 3.13. The molecule has 2 heterocycles. The number of H-pyrrole nitrogens is 1. The Bertz CT molecular complexity index is 1080. The molecule has 8 nitrogen and oxygen atoms in total. The fourth-order valence-electron chi connectivity index (χ4n) is 3.65. The average molecular weight is 409 g/mol. The lowest BCUT2D eigenvalue weighted by Gasteiger charge is -2.16. The zero-order chi connectivity index (χ0) is 21.3. The normalized spacial score (nSPS) is 13.1. The highest BCUT2D eigenvalue weighted by Gasteiger charge is 2.27. The van der Waals surface area contributed by atoms with Gasteiger partial charge in [-0.05, 0) is 50.3 Å². The summed E-state index contributed by atoms with van der Waals surface area (Å²) in [4.78, 5) is 17.0. The summed E-state index contributed by atoms with van der Waals surface area (Å²) in [6, 6.07) is 9.21. The highest BCUT2D eigenvalue weighted by molar-refractivity contribution is 6.03. The molecule has 0 aliphatic carbocycles. The molecule has 1 aliphatic heterocycles. The number of aromatic amines is 1. The second-order valence-electron chi connectivity index (χ2n) is 7.76. The van der Waals surface area contributed by atoms with Crippen LogP contribution in [0.15, 0.2) is 30.3 Å². The molecule has 3 aromatic rings. The number of phenols is 1. The number of nitrogens with one attached hydrogen (secondary N) is 2. The van der Waals surface area contributed by atoms with E-state index in [0.717, 1.165) is 28.8 Å². The lowest BCUT2D eigenvalue weighted by atomic mass is 10.1. The monoisotopic (exact) mass is 409 g/mol. The number of amides is 1. The van der Waals surface area contributed by atoms with Crippen LogP contribution in [0.3, 0.4) is 0 Å². The molecule has 0 fully saturated rings. The third-order valence-electron chi connectivity index (χ3n) is 5.25. The van der Waals surface area contributed by atoms with Crippen molar-refractivity contribution >= 4 is 22.6 Å². The Balaban J connectivity index is 1.52. The Hall–Kier alpha value is -3.26. The number of carbonyl (C=O) groups is 1. The highest BCUT2D eigenvalue weighted by atomic mass is 16.5. The first-order valence-corrected chi connectivity index (χ1v) is 10.1. The number of likely N-dealkylation sites (N-methyl/N-ethyl adjacent to an activating group) is 1. The van der Waals surface area contributed by atoms with Crippen LogP contribution in [0.25, 0.3) is 10.9 Å². The lowest BCUT2D eigenvalue weighted by Crippen LogP contribution is -2.25. The molecule has 1 aromatic heterocycles. The predicted octanol–water partition coefficient (Wildman–Crippen LogP) is 2.80. The molecule has 0 radical (unpaired) electrons. The number of ether oxygens (including phenoxy) is 1. The van der Waals surface area contributed by atoms with Crippen molar-refractivity contribution in [2.24, 2.45) is 0 Å². The number of fused-ring (bicyclic) bond motifs is 2. The maximum atomic E-state index is 13.2. The van der Waals surface area contributed by atoms with Gasteiger partial charge in [0.2, 0.25) is 0 Å². The zero-order valence-electron chi connectivity index (χ0n) is 17.5. The number of hydrogen-bond donors (Lipinski definition) is 3. The Labute approximate surface area is 175 Å². The van der Waals surface area contributed by atoms with E-state index in [-0.39, 0.29) is 17.2 Å². The molecule has 0 bridgehead atoms. The minimum atomic E-state index is -0.204. The average Bonchev–Trinajstić information content (AvgIpc) is 3.30. The van der Waals surface area contributed by atoms with Crippen molar-refractivity contribution in [2.45, 2.75) is 20.0 Å². The molecule has 0 unspecified atom stereocenters. The molecular weight excluding hydrogens is 382 g/mol. The van der Waals surface area contributed by atoms with Crippen molar-refractivity contribution < 1.29 is 14.6 Å². The number of benzene rings is 2. The van der Waals surface area contributed by atoms with E-state index < -0.39 is 0 Å². The van der Waals surface area contributed by atoms with Gasteiger partial charge < -0.3 is 25.0 Å². The molecule has 0 atom stereocenters. The second kappa shape index (κ2) is 8.23. The Morgan fingerprint density at radius 1 is 1.27 bits per heavy atom. The smallest absolute Gasteiger partial charge is 0.258 e. The van der Waals surface area contributed by atoms with Crippen molar-refractivity contribution in [3.8, 4) is 11.5 Å². The van der Waals surface area contributed by atoms with Gasteiger partial charge in [0.1, 0.15) is 18.1 Å². The van der Waals surface area contributed by atoms with Crippen LogP contribution in [0, 0.1) is 0 Å². The number of rotatable bonds is 7. The van der Waals surface area contributed by atoms with Gasteiger partial charge in [-0.25, -0.2) is 0 Å². The van der Waals surface area contributed by atoms with Crippen LogP contribution in [-0.4, -0.2) is 64.8 Å². The van der Waals surface area contributed by atoms with Gasteiger partial charge in [-0.3, -0.25) is 9.89 Å². The van der Waals surface area contributed by atoms with Crippen molar-refractivity contribution in [1.82, 2.24) is 20.0 Å². The largest absolute Gasteiger partial charge is 0.507 e. The number of phenolic OH excluding ortho intramolecular Hbond substituents is 1. The van der Waals surface area contributed by atoms with Crippen LogP contribution >= 0.6 is 0 Å². The quantitative estimate of drug-likeness (QED) is 0.556. The second-order valence-corrected chi connectivity index (χ2v) is 7.76. The van der Waals surface area contributed by atoms with Crippen LogP contribution in [0.2, 0.25) is 0 Å². The van der Waals surface area contributed by atoms with Crippen molar-refractivity contribution in [3.63, 3.8) is 0 Å². The highest BCUT2D eigenvalue weighted by Crippen LogP contribution is 2.32. The summed E-state index contributed by atoms with van der Waals surface area (Å²) in [6.07, 6.45) is 0. The molecule has 1 aliphatic rings. The third-order valence-corrected chi connectivity index (χ3v) is 5.25. The van der Waals surface area contributed by atoms with Gasteiger partial charge in [-0.1, -0.05) is 6.07 Å². The fraction of sp³-hybridized carbons (Fsp3) is 0.364. The molecule has 0 saturated carbocycles. The van der Waals surface area contributed by atoms with Gasteiger partial charge in [0.05, 0.1) is 11.1 Å². The van der Waals surface area contributed by atoms with E-state index in [1.54, 1.807) is 17.0 Å². The lowest BCUT2D eigenvalue weighted by molar-refractivity contribution is 0.0748. The summed E-state index contributed by atoms with van der Waals surface area (Å²) < 4.78 is 5.81. The number of aromatic nitrogens is 2. The summed E-state index contributed by atoms with van der Waals surface area (Å²) >= 11 is 0. The first kappa shape index (κ1) is 20.0. The van der Waals surface area contributed by atoms with Gasteiger partial charge in [0.25, 0.3) is 5.91 Å². The topological polar surface area (TPSA) is 93.7 Å². The van der Waals surface area contributed by atoms with Crippen LogP contribution in [0.4, 0.5) is 5.82 Å². The Morgan fingerprint density at radius 3 is 2.83 bits per heavy atom. The molecule has 1 amide bonds. The summed E-state index contributed by atoms with van der Waals surface area (Å²) in [7, 11) is 4.01. The first-order chi connectivity index (χ1) is 14.5. The van der Waals surface area contributed by atoms with E-state index >= 15 is 0 Å². The maximum Gasteiger partial charge on any atom is 0.258 e. The standard InChI is InChI=1S/C22H27N5O3/c1-4-23-21-17-10-18(20(28)11-19(17)24-25-21)22(29)27-12-14-5-6-16(9-15(14)13-27)30-8-7-26(2)3/h5-6,9-11,28H,4,7-8,12-13H2,1-3H3,(H2,23,24,25). The summed E-state index contributed by atoms with van der Waals surface area (Å²) in [5.74, 6) is 1.22. The van der Waals surface area contributed by atoms with Crippen molar-refractivity contribution in [3.05, 3.63) is 47.0 Å². The Morgan fingerprint density at radius 2 is 2.07 bits per heavy atom. The molecule has 0 spiro atoms. The van der Waals surface area contributed by atoms with Crippen LogP contribution < -0.4 is 10.1 Å². The Kier molecular flexibility index (Phi) is 5.50. The van der Waals surface area contributed by atoms with Crippen molar-refractivity contribution in [2.75, 3.05) is 39.1 Å².